The average Bonchev–Trinajstić information content (AvgIpc) is 2.74. The molecule has 2 amide bonds. The van der Waals surface area contributed by atoms with Gasteiger partial charge in [0.05, 0.1) is 26.9 Å². The average molecular weight is 427 g/mol. The summed E-state index contributed by atoms with van der Waals surface area (Å²) in [6.45, 7) is 6.63. The molecule has 0 heterocycles. The van der Waals surface area contributed by atoms with E-state index in [2.05, 4.69) is 5.32 Å². The zero-order chi connectivity index (χ0) is 22.8. The van der Waals surface area contributed by atoms with Gasteiger partial charge in [-0.3, -0.25) is 9.59 Å². The molecule has 0 unspecified atom stereocenters. The lowest BCUT2D eigenvalue weighted by atomic mass is 10.1. The molecular weight excluding hydrogens is 396 g/mol. The van der Waals surface area contributed by atoms with E-state index in [4.69, 9.17) is 14.2 Å². The summed E-state index contributed by atoms with van der Waals surface area (Å²) in [6, 6.07) is 10.9. The Balaban J connectivity index is 2.00. The molecule has 0 fully saturated rings. The van der Waals surface area contributed by atoms with Gasteiger partial charge in [-0.2, -0.15) is 0 Å². The summed E-state index contributed by atoms with van der Waals surface area (Å²) in [5, 5.41) is 2.78. The second-order valence-corrected chi connectivity index (χ2v) is 6.85. The van der Waals surface area contributed by atoms with Crippen LogP contribution in [0.25, 0.3) is 6.08 Å². The van der Waals surface area contributed by atoms with Crippen LogP contribution in [0.5, 0.6) is 17.2 Å². The molecule has 2 aromatic rings. The summed E-state index contributed by atoms with van der Waals surface area (Å²) >= 11 is 0. The molecule has 0 radical (unpaired) electrons. The number of nitrogens with one attached hydrogen (secondary N) is 1. The molecule has 0 spiro atoms. The molecule has 7 heteroatoms. The molecule has 1 N–H and O–H groups in total. The first-order valence-electron chi connectivity index (χ1n) is 10.1. The smallest absolute Gasteiger partial charge is 0.246 e. The number of nitrogens with zero attached hydrogens (tertiary/aromatic N) is 1. The van der Waals surface area contributed by atoms with Gasteiger partial charge in [0.15, 0.2) is 11.5 Å². The molecule has 0 aromatic heterocycles. The number of benzene rings is 2. The van der Waals surface area contributed by atoms with Crippen LogP contribution in [0.15, 0.2) is 42.5 Å². The number of anilines is 1. The third-order valence-corrected chi connectivity index (χ3v) is 4.37. The largest absolute Gasteiger partial charge is 0.496 e. The maximum absolute atomic E-state index is 12.4. The first-order valence-corrected chi connectivity index (χ1v) is 10.1. The summed E-state index contributed by atoms with van der Waals surface area (Å²) in [7, 11) is 3.15. The minimum Gasteiger partial charge on any atom is -0.496 e. The van der Waals surface area contributed by atoms with E-state index < -0.39 is 0 Å². The van der Waals surface area contributed by atoms with E-state index in [9.17, 15) is 9.59 Å². The lowest BCUT2D eigenvalue weighted by Gasteiger charge is -2.16. The quantitative estimate of drug-likeness (QED) is 0.583. The Morgan fingerprint density at radius 2 is 1.68 bits per heavy atom. The van der Waals surface area contributed by atoms with Gasteiger partial charge in [-0.25, -0.2) is 0 Å². The van der Waals surface area contributed by atoms with E-state index in [0.717, 1.165) is 11.1 Å². The van der Waals surface area contributed by atoms with Gasteiger partial charge < -0.3 is 24.4 Å². The van der Waals surface area contributed by atoms with Crippen molar-refractivity contribution >= 4 is 23.6 Å². The molecule has 0 aliphatic heterocycles. The number of carbonyl (C=O) groups is 2. The van der Waals surface area contributed by atoms with Crippen molar-refractivity contribution in [2.24, 2.45) is 0 Å². The molecule has 2 rings (SSSR count). The number of rotatable bonds is 10. The molecule has 166 valence electrons. The van der Waals surface area contributed by atoms with Crippen molar-refractivity contribution in [2.45, 2.75) is 20.8 Å². The van der Waals surface area contributed by atoms with Crippen LogP contribution >= 0.6 is 0 Å². The Morgan fingerprint density at radius 1 is 1.00 bits per heavy atom. The third-order valence-electron chi connectivity index (χ3n) is 4.37. The molecule has 31 heavy (non-hydrogen) atoms. The summed E-state index contributed by atoms with van der Waals surface area (Å²) < 4.78 is 16.4. The van der Waals surface area contributed by atoms with Crippen LogP contribution in [-0.2, 0) is 9.59 Å². The van der Waals surface area contributed by atoms with Crippen molar-refractivity contribution in [3.8, 4) is 17.2 Å². The van der Waals surface area contributed by atoms with Crippen molar-refractivity contribution in [2.75, 3.05) is 39.2 Å². The molecule has 0 aliphatic rings. The predicted molar refractivity (Wildman–Crippen MR) is 122 cm³/mol. The van der Waals surface area contributed by atoms with Gasteiger partial charge in [-0.15, -0.1) is 0 Å². The van der Waals surface area contributed by atoms with Gasteiger partial charge in [0.1, 0.15) is 5.75 Å². The lowest BCUT2D eigenvalue weighted by Crippen LogP contribution is -2.33. The lowest BCUT2D eigenvalue weighted by molar-refractivity contribution is -0.129. The number of methoxy groups -OCH3 is 1. The molecule has 0 saturated carbocycles. The number of likely N-dealkylation sites (N-methyl/N-ethyl adjacent to an activating group) is 1. The number of hydrogen-bond donors (Lipinski definition) is 1. The Kier molecular flexibility index (Phi) is 8.94. The monoisotopic (exact) mass is 426 g/mol. The number of amides is 2. The zero-order valence-corrected chi connectivity index (χ0v) is 18.7. The predicted octanol–water partition coefficient (Wildman–Crippen LogP) is 3.91. The molecular formula is C24H30N2O5. The fraction of sp³-hybridized carbons (Fsp3) is 0.333. The van der Waals surface area contributed by atoms with Crippen molar-refractivity contribution < 1.29 is 23.8 Å². The number of carbonyl (C=O) groups excluding carboxylic acids is 2. The summed E-state index contributed by atoms with van der Waals surface area (Å²) in [6.07, 6.45) is 3.11. The number of hydrogen-bond acceptors (Lipinski definition) is 5. The second kappa shape index (κ2) is 11.6. The van der Waals surface area contributed by atoms with Crippen molar-refractivity contribution in [3.05, 3.63) is 53.6 Å². The molecule has 0 aliphatic carbocycles. The summed E-state index contributed by atoms with van der Waals surface area (Å²) in [5.41, 5.74) is 2.42. The third kappa shape index (κ3) is 7.06. The highest BCUT2D eigenvalue weighted by Gasteiger charge is 2.13. The van der Waals surface area contributed by atoms with Crippen LogP contribution in [0.4, 0.5) is 5.69 Å². The highest BCUT2D eigenvalue weighted by Crippen LogP contribution is 2.30. The standard InChI is InChI=1S/C24H30N2O5/c1-6-30-21-12-10-19(15-22(21)31-7-2)25-23(27)16-26(4)24(28)13-9-18-14-17(3)8-11-20(18)29-5/h8-15H,6-7,16H2,1-5H3,(H,25,27)/b13-9+. The SMILES string of the molecule is CCOc1ccc(NC(=O)CN(C)C(=O)/C=C/c2cc(C)ccc2OC)cc1OCC. The van der Waals surface area contributed by atoms with Crippen molar-refractivity contribution in [3.63, 3.8) is 0 Å². The Hall–Kier alpha value is -3.48. The van der Waals surface area contributed by atoms with Crippen LogP contribution in [0.2, 0.25) is 0 Å². The minimum absolute atomic E-state index is 0.0920. The van der Waals surface area contributed by atoms with Crippen LogP contribution in [0.1, 0.15) is 25.0 Å². The summed E-state index contributed by atoms with van der Waals surface area (Å²) in [5.74, 6) is 1.24. The first-order chi connectivity index (χ1) is 14.9. The molecule has 0 atom stereocenters. The fourth-order valence-corrected chi connectivity index (χ4v) is 2.90. The molecule has 2 aromatic carbocycles. The van der Waals surface area contributed by atoms with Gasteiger partial charge in [-0.1, -0.05) is 11.6 Å². The Bertz CT molecular complexity index is 940. The maximum atomic E-state index is 12.4. The van der Waals surface area contributed by atoms with Crippen LogP contribution in [0, 0.1) is 6.92 Å². The van der Waals surface area contributed by atoms with Gasteiger partial charge in [0.2, 0.25) is 11.8 Å². The van der Waals surface area contributed by atoms with Crippen LogP contribution in [-0.4, -0.2) is 50.6 Å². The topological polar surface area (TPSA) is 77.1 Å². The van der Waals surface area contributed by atoms with Crippen molar-refractivity contribution in [1.82, 2.24) is 4.90 Å². The number of ether oxygens (including phenoxy) is 3. The summed E-state index contributed by atoms with van der Waals surface area (Å²) in [4.78, 5) is 26.2. The highest BCUT2D eigenvalue weighted by molar-refractivity contribution is 5.98. The molecule has 7 nitrogen and oxygen atoms in total. The Labute approximate surface area is 183 Å². The van der Waals surface area contributed by atoms with E-state index in [-0.39, 0.29) is 18.4 Å². The van der Waals surface area contributed by atoms with Crippen LogP contribution in [0.3, 0.4) is 0 Å². The first kappa shape index (κ1) is 23.8. The van der Waals surface area contributed by atoms with E-state index in [0.29, 0.717) is 36.1 Å². The minimum atomic E-state index is -0.316. The van der Waals surface area contributed by atoms with E-state index in [1.54, 1.807) is 38.4 Å². The number of aryl methyl sites for hydroxylation is 1. The Morgan fingerprint density at radius 3 is 2.35 bits per heavy atom. The van der Waals surface area contributed by atoms with E-state index >= 15 is 0 Å². The highest BCUT2D eigenvalue weighted by atomic mass is 16.5. The fourth-order valence-electron chi connectivity index (χ4n) is 2.90. The van der Waals surface area contributed by atoms with Gasteiger partial charge in [-0.05, 0) is 51.1 Å². The van der Waals surface area contributed by atoms with Gasteiger partial charge in [0.25, 0.3) is 0 Å². The van der Waals surface area contributed by atoms with E-state index in [1.807, 2.05) is 39.0 Å². The second-order valence-electron chi connectivity index (χ2n) is 6.85. The molecule has 0 bridgehead atoms. The zero-order valence-electron chi connectivity index (χ0n) is 18.7. The maximum Gasteiger partial charge on any atom is 0.246 e. The van der Waals surface area contributed by atoms with Crippen LogP contribution < -0.4 is 19.5 Å². The normalized spacial score (nSPS) is 10.6. The van der Waals surface area contributed by atoms with Crippen molar-refractivity contribution in [1.29, 1.82) is 0 Å². The molecule has 0 saturated heterocycles. The van der Waals surface area contributed by atoms with E-state index in [1.165, 1.54) is 11.0 Å². The van der Waals surface area contributed by atoms with Gasteiger partial charge >= 0.3 is 0 Å². The van der Waals surface area contributed by atoms with Gasteiger partial charge in [0, 0.05) is 30.4 Å².